The van der Waals surface area contributed by atoms with Crippen LogP contribution in [0.5, 0.6) is 0 Å². The minimum atomic E-state index is -2.22. The van der Waals surface area contributed by atoms with Crippen molar-refractivity contribution in [3.8, 4) is 0 Å². The highest BCUT2D eigenvalue weighted by Gasteiger charge is 2.42. The largest absolute Gasteiger partial charge is 0.303 e. The summed E-state index contributed by atoms with van der Waals surface area (Å²) in [5.74, 6) is 0. The Morgan fingerprint density at radius 3 is 2.14 bits per heavy atom. The zero-order chi connectivity index (χ0) is 15.2. The van der Waals surface area contributed by atoms with Gasteiger partial charge in [-0.1, -0.05) is 35.6 Å². The molecule has 4 rings (SSSR count). The van der Waals surface area contributed by atoms with Crippen molar-refractivity contribution in [1.29, 1.82) is 0 Å². The van der Waals surface area contributed by atoms with E-state index in [2.05, 4.69) is 22.1 Å². The molecule has 0 N–H and O–H groups in total. The fourth-order valence-electron chi connectivity index (χ4n) is 2.27. The summed E-state index contributed by atoms with van der Waals surface area (Å²) in [5.41, 5.74) is 0. The average Bonchev–Trinajstić information content (AvgIpc) is 3.08. The molecule has 3 aliphatic heterocycles. The molecule has 0 aromatic carbocycles. The van der Waals surface area contributed by atoms with Gasteiger partial charge in [-0.3, -0.25) is 0 Å². The van der Waals surface area contributed by atoms with E-state index < -0.39 is 8.46 Å². The SMILES string of the molecule is ClS1(Cl)C(N2C=CCC=C2)=Nc2sc(N3C=CCC=C3)nc21. The Morgan fingerprint density at radius 1 is 0.955 bits per heavy atom. The molecule has 0 saturated carbocycles. The molecule has 0 spiro atoms. The van der Waals surface area contributed by atoms with Crippen molar-refractivity contribution in [2.75, 3.05) is 4.90 Å². The number of thiazole rings is 1. The summed E-state index contributed by atoms with van der Waals surface area (Å²) in [6, 6.07) is 0. The molecule has 0 radical (unpaired) electrons. The van der Waals surface area contributed by atoms with Crippen LogP contribution in [0.4, 0.5) is 10.1 Å². The number of fused-ring (bicyclic) bond motifs is 1. The molecule has 114 valence electrons. The second-order valence-electron chi connectivity index (χ2n) is 4.80. The number of rotatable bonds is 1. The third-order valence-corrected chi connectivity index (χ3v) is 7.62. The van der Waals surface area contributed by atoms with Gasteiger partial charge < -0.3 is 9.80 Å². The Kier molecular flexibility index (Phi) is 3.57. The first kappa shape index (κ1) is 14.4. The van der Waals surface area contributed by atoms with E-state index in [-0.39, 0.29) is 0 Å². The van der Waals surface area contributed by atoms with Gasteiger partial charge in [0.15, 0.2) is 20.3 Å². The van der Waals surface area contributed by atoms with Crippen LogP contribution >= 0.6 is 41.2 Å². The second kappa shape index (κ2) is 5.45. The molecule has 0 fully saturated rings. The average molecular weight is 371 g/mol. The van der Waals surface area contributed by atoms with Gasteiger partial charge in [0.25, 0.3) is 0 Å². The first-order valence-electron chi connectivity index (χ1n) is 6.72. The van der Waals surface area contributed by atoms with Crippen molar-refractivity contribution in [2.24, 2.45) is 4.99 Å². The molecule has 1 aromatic rings. The summed E-state index contributed by atoms with van der Waals surface area (Å²) in [5, 5.41) is 2.98. The third-order valence-electron chi connectivity index (χ3n) is 3.29. The van der Waals surface area contributed by atoms with Crippen LogP contribution in [0.3, 0.4) is 0 Å². The highest BCUT2D eigenvalue weighted by molar-refractivity contribution is 8.74. The lowest BCUT2D eigenvalue weighted by molar-refractivity contribution is 0.755. The molecule has 8 heteroatoms. The predicted octanol–water partition coefficient (Wildman–Crippen LogP) is 5.59. The molecule has 0 bridgehead atoms. The van der Waals surface area contributed by atoms with E-state index in [1.54, 1.807) is 0 Å². The number of amidine groups is 1. The zero-order valence-electron chi connectivity index (χ0n) is 11.4. The second-order valence-corrected chi connectivity index (χ2v) is 10.7. The molecular weight excluding hydrogens is 359 g/mol. The standard InChI is InChI=1S/C14H12Cl2N4S2/c15-22(16)12-11(17-14(22)20-9-5-2-6-10-20)21-13(18-12)19-7-3-1-4-8-19/h3-10H,1-2H2. The van der Waals surface area contributed by atoms with Crippen LogP contribution in [0.2, 0.25) is 0 Å². The third kappa shape index (κ3) is 2.31. The van der Waals surface area contributed by atoms with E-state index in [0.717, 1.165) is 23.0 Å². The van der Waals surface area contributed by atoms with E-state index >= 15 is 0 Å². The number of anilines is 1. The Morgan fingerprint density at radius 2 is 1.55 bits per heavy atom. The molecule has 0 aliphatic carbocycles. The van der Waals surface area contributed by atoms with Crippen molar-refractivity contribution >= 4 is 56.5 Å². The van der Waals surface area contributed by atoms with E-state index in [9.17, 15) is 0 Å². The summed E-state index contributed by atoms with van der Waals surface area (Å²) in [4.78, 5) is 13.1. The summed E-state index contributed by atoms with van der Waals surface area (Å²) < 4.78 is 0. The smallest absolute Gasteiger partial charge is 0.196 e. The number of aliphatic imine (C=N–C) groups is 1. The number of hydrogen-bond acceptors (Lipinski definition) is 5. The summed E-state index contributed by atoms with van der Waals surface area (Å²) in [6.07, 6.45) is 18.0. The fourth-order valence-corrected chi connectivity index (χ4v) is 6.52. The lowest BCUT2D eigenvalue weighted by atomic mass is 10.3. The van der Waals surface area contributed by atoms with Crippen LogP contribution in [0.25, 0.3) is 0 Å². The Balaban J connectivity index is 1.71. The molecule has 22 heavy (non-hydrogen) atoms. The van der Waals surface area contributed by atoms with Crippen molar-refractivity contribution in [1.82, 2.24) is 9.88 Å². The Hall–Kier alpha value is -1.21. The lowest BCUT2D eigenvalue weighted by Gasteiger charge is -2.27. The summed E-state index contributed by atoms with van der Waals surface area (Å²) >= 11 is 1.50. The minimum absolute atomic E-state index is 0.660. The van der Waals surface area contributed by atoms with Gasteiger partial charge in [0.1, 0.15) is 0 Å². The Labute approximate surface area is 143 Å². The monoisotopic (exact) mass is 370 g/mol. The van der Waals surface area contributed by atoms with Gasteiger partial charge in [-0.05, 0) is 34.2 Å². The predicted molar refractivity (Wildman–Crippen MR) is 96.9 cm³/mol. The first-order valence-corrected chi connectivity index (χ1v) is 10.8. The number of halogens is 2. The van der Waals surface area contributed by atoms with Gasteiger partial charge >= 0.3 is 0 Å². The number of hydrogen-bond donors (Lipinski definition) is 0. The van der Waals surface area contributed by atoms with Gasteiger partial charge in [-0.2, -0.15) is 0 Å². The quantitative estimate of drug-likeness (QED) is 0.645. The van der Waals surface area contributed by atoms with Crippen molar-refractivity contribution < 1.29 is 0 Å². The highest BCUT2D eigenvalue weighted by Crippen LogP contribution is 2.73. The number of allylic oxidation sites excluding steroid dienone is 4. The number of aromatic nitrogens is 1. The van der Waals surface area contributed by atoms with Crippen molar-refractivity contribution in [2.45, 2.75) is 17.9 Å². The van der Waals surface area contributed by atoms with Crippen molar-refractivity contribution in [3.63, 3.8) is 0 Å². The van der Waals surface area contributed by atoms with Gasteiger partial charge in [0.2, 0.25) is 0 Å². The maximum absolute atomic E-state index is 6.65. The van der Waals surface area contributed by atoms with E-state index in [4.69, 9.17) is 21.4 Å². The lowest BCUT2D eigenvalue weighted by Crippen LogP contribution is -2.21. The van der Waals surface area contributed by atoms with Gasteiger partial charge in [-0.25, -0.2) is 9.98 Å². The maximum atomic E-state index is 6.65. The molecular formula is C14H12Cl2N4S2. The number of nitrogens with zero attached hydrogens (tertiary/aromatic N) is 4. The normalized spacial score (nSPS) is 22.9. The molecule has 4 heterocycles. The molecule has 0 atom stereocenters. The van der Waals surface area contributed by atoms with Crippen LogP contribution in [-0.2, 0) is 0 Å². The molecule has 0 unspecified atom stereocenters. The van der Waals surface area contributed by atoms with Gasteiger partial charge in [-0.15, -0.1) is 0 Å². The van der Waals surface area contributed by atoms with E-state index in [1.807, 2.05) is 46.8 Å². The maximum Gasteiger partial charge on any atom is 0.196 e. The van der Waals surface area contributed by atoms with Gasteiger partial charge in [0.05, 0.1) is 0 Å². The molecule has 1 aromatic heterocycles. The van der Waals surface area contributed by atoms with E-state index in [1.165, 1.54) is 11.3 Å². The molecule has 0 saturated heterocycles. The van der Waals surface area contributed by atoms with Crippen LogP contribution in [0.15, 0.2) is 59.1 Å². The molecule has 3 aliphatic rings. The van der Waals surface area contributed by atoms with Crippen LogP contribution < -0.4 is 4.90 Å². The van der Waals surface area contributed by atoms with Gasteiger partial charge in [0, 0.05) is 33.3 Å². The van der Waals surface area contributed by atoms with Crippen LogP contribution in [0, 0.1) is 0 Å². The first-order chi connectivity index (χ1) is 10.7. The zero-order valence-corrected chi connectivity index (χ0v) is 14.5. The molecule has 0 amide bonds. The minimum Gasteiger partial charge on any atom is -0.303 e. The van der Waals surface area contributed by atoms with Crippen LogP contribution in [0.1, 0.15) is 12.8 Å². The summed E-state index contributed by atoms with van der Waals surface area (Å²) in [6.45, 7) is 0. The summed E-state index contributed by atoms with van der Waals surface area (Å²) in [7, 11) is 11.1. The molecule has 4 nitrogen and oxygen atoms in total. The highest BCUT2D eigenvalue weighted by atomic mass is 36.0. The van der Waals surface area contributed by atoms with E-state index in [0.29, 0.717) is 10.2 Å². The van der Waals surface area contributed by atoms with Crippen LogP contribution in [-0.4, -0.2) is 15.1 Å². The van der Waals surface area contributed by atoms with Crippen molar-refractivity contribution in [3.05, 3.63) is 49.1 Å². The topological polar surface area (TPSA) is 31.7 Å². The fraction of sp³-hybridized carbons (Fsp3) is 0.143. The Bertz CT molecular complexity index is 737.